The Hall–Kier alpha value is -3.09. The first-order valence-electron chi connectivity index (χ1n) is 7.04. The van der Waals surface area contributed by atoms with Gasteiger partial charge >= 0.3 is 6.61 Å². The number of hydrogen-bond acceptors (Lipinski definition) is 4. The zero-order valence-corrected chi connectivity index (χ0v) is 12.7. The molecule has 0 aliphatic rings. The molecule has 2 aromatic carbocycles. The quantitative estimate of drug-likeness (QED) is 0.771. The molecule has 0 radical (unpaired) electrons. The molecule has 1 N–H and O–H groups in total. The van der Waals surface area contributed by atoms with Crippen molar-refractivity contribution in [1.29, 1.82) is 0 Å². The number of methoxy groups -OCH3 is 1. The Labute approximate surface area is 136 Å². The Morgan fingerprint density at radius 2 is 1.88 bits per heavy atom. The van der Waals surface area contributed by atoms with Crippen molar-refractivity contribution in [1.82, 2.24) is 9.55 Å². The van der Waals surface area contributed by atoms with E-state index in [1.165, 1.54) is 31.4 Å². The van der Waals surface area contributed by atoms with Gasteiger partial charge < -0.3 is 14.6 Å². The van der Waals surface area contributed by atoms with Crippen LogP contribution in [0.3, 0.4) is 0 Å². The maximum absolute atomic E-state index is 12.2. The van der Waals surface area contributed by atoms with Crippen LogP contribution in [-0.2, 0) is 0 Å². The van der Waals surface area contributed by atoms with E-state index in [1.54, 1.807) is 35.2 Å². The minimum atomic E-state index is -2.86. The van der Waals surface area contributed by atoms with Crippen molar-refractivity contribution in [3.05, 3.63) is 54.9 Å². The summed E-state index contributed by atoms with van der Waals surface area (Å²) in [5, 5.41) is 9.57. The third-order valence-electron chi connectivity index (χ3n) is 3.41. The van der Waals surface area contributed by atoms with Gasteiger partial charge in [-0.15, -0.1) is 0 Å². The van der Waals surface area contributed by atoms with Crippen LogP contribution >= 0.6 is 0 Å². The number of imidazole rings is 1. The summed E-state index contributed by atoms with van der Waals surface area (Å²) in [6, 6.07) is 10.9. The molecule has 0 spiro atoms. The van der Waals surface area contributed by atoms with Gasteiger partial charge in [0.25, 0.3) is 0 Å². The van der Waals surface area contributed by atoms with E-state index in [-0.39, 0.29) is 11.5 Å². The van der Waals surface area contributed by atoms with E-state index in [9.17, 15) is 13.9 Å². The molecule has 0 amide bonds. The number of alkyl halides is 2. The van der Waals surface area contributed by atoms with Crippen LogP contribution in [0.1, 0.15) is 0 Å². The molecule has 3 rings (SSSR count). The van der Waals surface area contributed by atoms with Crippen LogP contribution in [0.5, 0.6) is 17.2 Å². The lowest BCUT2D eigenvalue weighted by molar-refractivity contribution is -0.0498. The maximum Gasteiger partial charge on any atom is 0.387 e. The van der Waals surface area contributed by atoms with E-state index < -0.39 is 6.61 Å². The highest BCUT2D eigenvalue weighted by Gasteiger charge is 2.14. The fourth-order valence-electron chi connectivity index (χ4n) is 2.36. The molecule has 0 bridgehead atoms. The van der Waals surface area contributed by atoms with E-state index in [0.29, 0.717) is 17.1 Å². The minimum Gasteiger partial charge on any atom is -0.508 e. The first-order valence-corrected chi connectivity index (χ1v) is 7.04. The lowest BCUT2D eigenvalue weighted by atomic mass is 10.1. The van der Waals surface area contributed by atoms with Crippen molar-refractivity contribution in [3.8, 4) is 34.3 Å². The number of phenols is 1. The van der Waals surface area contributed by atoms with Gasteiger partial charge in [0, 0.05) is 24.1 Å². The summed E-state index contributed by atoms with van der Waals surface area (Å²) in [6.45, 7) is -2.86. The summed E-state index contributed by atoms with van der Waals surface area (Å²) in [4.78, 5) is 4.32. The van der Waals surface area contributed by atoms with E-state index >= 15 is 0 Å². The third kappa shape index (κ3) is 3.15. The monoisotopic (exact) mass is 332 g/mol. The second kappa shape index (κ2) is 6.57. The van der Waals surface area contributed by atoms with Crippen LogP contribution in [-0.4, -0.2) is 28.4 Å². The highest BCUT2D eigenvalue weighted by Crippen LogP contribution is 2.33. The number of rotatable bonds is 5. The van der Waals surface area contributed by atoms with E-state index in [0.717, 1.165) is 5.69 Å². The smallest absolute Gasteiger partial charge is 0.387 e. The third-order valence-corrected chi connectivity index (χ3v) is 3.41. The van der Waals surface area contributed by atoms with Crippen LogP contribution in [0.25, 0.3) is 17.1 Å². The van der Waals surface area contributed by atoms with Crippen LogP contribution in [0.15, 0.2) is 54.9 Å². The number of aromatic hydroxyl groups is 1. The molecule has 24 heavy (non-hydrogen) atoms. The molecule has 0 saturated carbocycles. The Balaban J connectivity index is 1.99. The largest absolute Gasteiger partial charge is 0.508 e. The van der Waals surface area contributed by atoms with Gasteiger partial charge in [0.1, 0.15) is 23.1 Å². The zero-order valence-electron chi connectivity index (χ0n) is 12.7. The summed E-state index contributed by atoms with van der Waals surface area (Å²) in [5.74, 6) is 1.23. The second-order valence-corrected chi connectivity index (χ2v) is 4.88. The van der Waals surface area contributed by atoms with Gasteiger partial charge in [-0.3, -0.25) is 4.57 Å². The average Bonchev–Trinajstić information content (AvgIpc) is 3.04. The van der Waals surface area contributed by atoms with Crippen LogP contribution in [0.4, 0.5) is 8.78 Å². The molecule has 1 heterocycles. The summed E-state index contributed by atoms with van der Waals surface area (Å²) in [6.07, 6.45) is 3.36. The molecule has 5 nitrogen and oxygen atoms in total. The number of halogens is 2. The number of ether oxygens (including phenoxy) is 2. The first kappa shape index (κ1) is 15.8. The summed E-state index contributed by atoms with van der Waals surface area (Å²) >= 11 is 0. The van der Waals surface area contributed by atoms with Gasteiger partial charge in [0.15, 0.2) is 0 Å². The van der Waals surface area contributed by atoms with Crippen molar-refractivity contribution < 1.29 is 23.4 Å². The highest BCUT2D eigenvalue weighted by atomic mass is 19.3. The normalized spacial score (nSPS) is 10.8. The maximum atomic E-state index is 12.2. The molecule has 0 atom stereocenters. The van der Waals surface area contributed by atoms with Crippen molar-refractivity contribution in [2.75, 3.05) is 7.11 Å². The fraction of sp³-hybridized carbons (Fsp3) is 0.118. The van der Waals surface area contributed by atoms with Gasteiger partial charge in [0.05, 0.1) is 12.7 Å². The van der Waals surface area contributed by atoms with E-state index in [2.05, 4.69) is 9.72 Å². The second-order valence-electron chi connectivity index (χ2n) is 4.88. The predicted molar refractivity (Wildman–Crippen MR) is 83.8 cm³/mol. The van der Waals surface area contributed by atoms with Crippen LogP contribution in [0.2, 0.25) is 0 Å². The van der Waals surface area contributed by atoms with Crippen molar-refractivity contribution in [2.45, 2.75) is 6.61 Å². The van der Waals surface area contributed by atoms with Gasteiger partial charge in [-0.25, -0.2) is 4.98 Å². The molecule has 0 aliphatic heterocycles. The average molecular weight is 332 g/mol. The molecular formula is C17H14F2N2O3. The summed E-state index contributed by atoms with van der Waals surface area (Å²) in [7, 11) is 1.50. The zero-order chi connectivity index (χ0) is 17.1. The van der Waals surface area contributed by atoms with Crippen LogP contribution in [0, 0.1) is 0 Å². The number of phenolic OH excluding ortho intramolecular Hbond substituents is 1. The number of aromatic nitrogens is 2. The number of benzene rings is 2. The lowest BCUT2D eigenvalue weighted by Gasteiger charge is -2.12. The van der Waals surface area contributed by atoms with Gasteiger partial charge in [-0.05, 0) is 36.4 Å². The Kier molecular flexibility index (Phi) is 4.33. The molecule has 0 aliphatic carbocycles. The molecule has 0 fully saturated rings. The molecule has 1 aromatic heterocycles. The number of hydrogen-bond donors (Lipinski definition) is 1. The molecule has 0 unspecified atom stereocenters. The molecule has 124 valence electrons. The molecule has 3 aromatic rings. The van der Waals surface area contributed by atoms with Gasteiger partial charge in [-0.2, -0.15) is 8.78 Å². The Bertz CT molecular complexity index is 832. The standard InChI is InChI=1S/C17H14F2N2O3/c1-23-15-10-12(22)4-7-14(15)16-20-8-9-21(16)11-2-5-13(6-3-11)24-17(18)19/h2-10,17,22H,1H3. The predicted octanol–water partition coefficient (Wildman–Crippen LogP) is 3.85. The van der Waals surface area contributed by atoms with Crippen LogP contribution < -0.4 is 9.47 Å². The topological polar surface area (TPSA) is 56.5 Å². The summed E-state index contributed by atoms with van der Waals surface area (Å²) < 4.78 is 35.9. The lowest BCUT2D eigenvalue weighted by Crippen LogP contribution is -2.02. The molecular weight excluding hydrogens is 318 g/mol. The van der Waals surface area contributed by atoms with E-state index in [4.69, 9.17) is 4.74 Å². The first-order chi connectivity index (χ1) is 11.6. The van der Waals surface area contributed by atoms with Crippen molar-refractivity contribution in [3.63, 3.8) is 0 Å². The fourth-order valence-corrected chi connectivity index (χ4v) is 2.36. The van der Waals surface area contributed by atoms with Gasteiger partial charge in [0.2, 0.25) is 0 Å². The van der Waals surface area contributed by atoms with Crippen molar-refractivity contribution >= 4 is 0 Å². The molecule has 7 heteroatoms. The van der Waals surface area contributed by atoms with Crippen molar-refractivity contribution in [2.24, 2.45) is 0 Å². The number of nitrogens with zero attached hydrogens (tertiary/aromatic N) is 2. The molecule has 0 saturated heterocycles. The SMILES string of the molecule is COc1cc(O)ccc1-c1nccn1-c1ccc(OC(F)F)cc1. The summed E-state index contributed by atoms with van der Waals surface area (Å²) in [5.41, 5.74) is 1.41. The Morgan fingerprint density at radius 3 is 2.54 bits per heavy atom. The van der Waals surface area contributed by atoms with E-state index in [1.807, 2.05) is 0 Å². The highest BCUT2D eigenvalue weighted by molar-refractivity contribution is 5.68. The Morgan fingerprint density at radius 1 is 1.12 bits per heavy atom. The minimum absolute atomic E-state index is 0.0811. The van der Waals surface area contributed by atoms with Gasteiger partial charge in [-0.1, -0.05) is 0 Å².